The molecule has 1 aromatic heterocycles. The fourth-order valence-corrected chi connectivity index (χ4v) is 2.10. The van der Waals surface area contributed by atoms with Crippen molar-refractivity contribution in [2.75, 3.05) is 0 Å². The summed E-state index contributed by atoms with van der Waals surface area (Å²) in [6.45, 7) is 3.23. The Kier molecular flexibility index (Phi) is 5.31. The number of rotatable bonds is 6. The van der Waals surface area contributed by atoms with Crippen LogP contribution in [0.5, 0.6) is 0 Å². The maximum absolute atomic E-state index is 11.9. The third-order valence-electron chi connectivity index (χ3n) is 3.26. The minimum Gasteiger partial charge on any atom is -0.476 e. The van der Waals surface area contributed by atoms with Crippen molar-refractivity contribution in [1.82, 2.24) is 20.4 Å². The van der Waals surface area contributed by atoms with E-state index in [2.05, 4.69) is 15.7 Å². The molecule has 0 radical (unpaired) electrons. The monoisotopic (exact) mass is 330 g/mol. The molecule has 8 heteroatoms. The molecule has 1 atom stereocenters. The summed E-state index contributed by atoms with van der Waals surface area (Å²) in [6.07, 6.45) is 1.56. The van der Waals surface area contributed by atoms with E-state index in [9.17, 15) is 14.4 Å². The van der Waals surface area contributed by atoms with Gasteiger partial charge >= 0.3 is 5.97 Å². The van der Waals surface area contributed by atoms with Crippen LogP contribution in [0, 0.1) is 0 Å². The number of carbonyl (C=O) groups is 3. The predicted octanol–water partition coefficient (Wildman–Crippen LogP) is 0.711. The van der Waals surface area contributed by atoms with Crippen LogP contribution in [0.4, 0.5) is 0 Å². The van der Waals surface area contributed by atoms with Gasteiger partial charge in [-0.2, -0.15) is 5.10 Å². The summed E-state index contributed by atoms with van der Waals surface area (Å²) in [5.74, 6) is -1.65. The molecule has 0 bridgehead atoms. The standard InChI is InChI=1S/C16H18N4O4/c1-10(18-11(2)21)15(22)17-9-12-4-3-5-13(8-12)20-7-6-14(19-20)16(23)24/h3-8,10H,9H2,1-2H3,(H,17,22)(H,18,21)(H,23,24). The highest BCUT2D eigenvalue weighted by Crippen LogP contribution is 2.11. The molecule has 1 unspecified atom stereocenters. The van der Waals surface area contributed by atoms with Crippen molar-refractivity contribution in [2.24, 2.45) is 0 Å². The second kappa shape index (κ2) is 7.40. The van der Waals surface area contributed by atoms with Crippen LogP contribution in [0.25, 0.3) is 5.69 Å². The molecule has 1 heterocycles. The van der Waals surface area contributed by atoms with Gasteiger partial charge in [0.15, 0.2) is 5.69 Å². The van der Waals surface area contributed by atoms with Crippen LogP contribution >= 0.6 is 0 Å². The fraction of sp³-hybridized carbons (Fsp3) is 0.250. The third kappa shape index (κ3) is 4.42. The summed E-state index contributed by atoms with van der Waals surface area (Å²) < 4.78 is 1.45. The first kappa shape index (κ1) is 17.2. The lowest BCUT2D eigenvalue weighted by molar-refractivity contribution is -0.127. The van der Waals surface area contributed by atoms with Crippen molar-refractivity contribution in [3.63, 3.8) is 0 Å². The van der Waals surface area contributed by atoms with Gasteiger partial charge in [-0.15, -0.1) is 0 Å². The number of nitrogens with one attached hydrogen (secondary N) is 2. The van der Waals surface area contributed by atoms with Gasteiger partial charge in [-0.1, -0.05) is 12.1 Å². The van der Waals surface area contributed by atoms with E-state index >= 15 is 0 Å². The summed E-state index contributed by atoms with van der Waals surface area (Å²) in [7, 11) is 0. The van der Waals surface area contributed by atoms with Crippen molar-refractivity contribution < 1.29 is 19.5 Å². The van der Waals surface area contributed by atoms with Gasteiger partial charge in [0.25, 0.3) is 0 Å². The molecule has 2 amide bonds. The lowest BCUT2D eigenvalue weighted by Gasteiger charge is -2.13. The number of hydrogen-bond acceptors (Lipinski definition) is 4. The van der Waals surface area contributed by atoms with Gasteiger partial charge in [0.1, 0.15) is 6.04 Å². The molecular weight excluding hydrogens is 312 g/mol. The molecular formula is C16H18N4O4. The van der Waals surface area contributed by atoms with E-state index in [1.807, 2.05) is 6.07 Å². The molecule has 3 N–H and O–H groups in total. The fourth-order valence-electron chi connectivity index (χ4n) is 2.10. The van der Waals surface area contributed by atoms with Crippen LogP contribution in [0.15, 0.2) is 36.5 Å². The highest BCUT2D eigenvalue weighted by molar-refractivity contribution is 5.86. The second-order valence-corrected chi connectivity index (χ2v) is 5.26. The van der Waals surface area contributed by atoms with E-state index in [-0.39, 0.29) is 24.1 Å². The number of benzene rings is 1. The Bertz CT molecular complexity index is 769. The Morgan fingerprint density at radius 1 is 1.29 bits per heavy atom. The summed E-state index contributed by atoms with van der Waals surface area (Å²) >= 11 is 0. The average molecular weight is 330 g/mol. The van der Waals surface area contributed by atoms with E-state index in [0.717, 1.165) is 5.56 Å². The molecule has 24 heavy (non-hydrogen) atoms. The summed E-state index contributed by atoms with van der Waals surface area (Å²) in [4.78, 5) is 33.7. The Labute approximate surface area is 138 Å². The van der Waals surface area contributed by atoms with Gasteiger partial charge in [-0.05, 0) is 30.7 Å². The van der Waals surface area contributed by atoms with Crippen LogP contribution in [-0.2, 0) is 16.1 Å². The quantitative estimate of drug-likeness (QED) is 0.722. The lowest BCUT2D eigenvalue weighted by atomic mass is 10.2. The van der Waals surface area contributed by atoms with Gasteiger partial charge in [-0.25, -0.2) is 9.48 Å². The van der Waals surface area contributed by atoms with Crippen molar-refractivity contribution in [3.05, 3.63) is 47.8 Å². The van der Waals surface area contributed by atoms with Crippen molar-refractivity contribution in [3.8, 4) is 5.69 Å². The molecule has 0 saturated carbocycles. The maximum Gasteiger partial charge on any atom is 0.356 e. The van der Waals surface area contributed by atoms with E-state index in [1.165, 1.54) is 17.7 Å². The van der Waals surface area contributed by atoms with Crippen LogP contribution in [0.2, 0.25) is 0 Å². The Morgan fingerprint density at radius 3 is 2.67 bits per heavy atom. The molecule has 1 aromatic carbocycles. The van der Waals surface area contributed by atoms with E-state index in [1.54, 1.807) is 31.3 Å². The van der Waals surface area contributed by atoms with E-state index in [0.29, 0.717) is 5.69 Å². The first-order chi connectivity index (χ1) is 11.4. The van der Waals surface area contributed by atoms with Gasteiger partial charge in [0.05, 0.1) is 5.69 Å². The van der Waals surface area contributed by atoms with Crippen molar-refractivity contribution in [1.29, 1.82) is 0 Å². The zero-order valence-electron chi connectivity index (χ0n) is 13.3. The average Bonchev–Trinajstić information content (AvgIpc) is 3.02. The van der Waals surface area contributed by atoms with Crippen LogP contribution in [0.1, 0.15) is 29.9 Å². The number of hydrogen-bond donors (Lipinski definition) is 3. The number of aromatic nitrogens is 2. The second-order valence-electron chi connectivity index (χ2n) is 5.26. The van der Waals surface area contributed by atoms with Gasteiger partial charge in [0, 0.05) is 19.7 Å². The minimum atomic E-state index is -1.09. The number of amides is 2. The summed E-state index contributed by atoms with van der Waals surface area (Å²) in [5, 5.41) is 18.1. The lowest BCUT2D eigenvalue weighted by Crippen LogP contribution is -2.43. The third-order valence-corrected chi connectivity index (χ3v) is 3.26. The molecule has 0 saturated heterocycles. The van der Waals surface area contributed by atoms with E-state index in [4.69, 9.17) is 5.11 Å². The Morgan fingerprint density at radius 2 is 2.04 bits per heavy atom. The SMILES string of the molecule is CC(=O)NC(C)C(=O)NCc1cccc(-n2ccc(C(=O)O)n2)c1. The first-order valence-electron chi connectivity index (χ1n) is 7.30. The Hall–Kier alpha value is -3.16. The van der Waals surface area contributed by atoms with Crippen LogP contribution in [0.3, 0.4) is 0 Å². The van der Waals surface area contributed by atoms with Crippen LogP contribution in [-0.4, -0.2) is 38.7 Å². The predicted molar refractivity (Wildman–Crippen MR) is 85.6 cm³/mol. The smallest absolute Gasteiger partial charge is 0.356 e. The Balaban J connectivity index is 2.03. The highest BCUT2D eigenvalue weighted by atomic mass is 16.4. The zero-order valence-corrected chi connectivity index (χ0v) is 13.3. The molecule has 0 aliphatic rings. The molecule has 8 nitrogen and oxygen atoms in total. The first-order valence-corrected chi connectivity index (χ1v) is 7.30. The van der Waals surface area contributed by atoms with Gasteiger partial charge in [-0.3, -0.25) is 9.59 Å². The molecule has 0 fully saturated rings. The number of aromatic carboxylic acids is 1. The molecule has 0 spiro atoms. The number of carbonyl (C=O) groups excluding carboxylic acids is 2. The number of carboxylic acid groups (broad SMARTS) is 1. The maximum atomic E-state index is 11.9. The number of nitrogens with zero attached hydrogens (tertiary/aromatic N) is 2. The van der Waals surface area contributed by atoms with Crippen molar-refractivity contribution >= 4 is 17.8 Å². The normalized spacial score (nSPS) is 11.6. The van der Waals surface area contributed by atoms with Gasteiger partial charge < -0.3 is 15.7 Å². The molecule has 2 rings (SSSR count). The highest BCUT2D eigenvalue weighted by Gasteiger charge is 2.13. The molecule has 0 aliphatic carbocycles. The zero-order chi connectivity index (χ0) is 17.7. The molecule has 126 valence electrons. The summed E-state index contributed by atoms with van der Waals surface area (Å²) in [5.41, 5.74) is 1.46. The molecule has 0 aliphatic heterocycles. The van der Waals surface area contributed by atoms with Crippen LogP contribution < -0.4 is 10.6 Å². The largest absolute Gasteiger partial charge is 0.476 e. The van der Waals surface area contributed by atoms with Crippen molar-refractivity contribution in [2.45, 2.75) is 26.4 Å². The van der Waals surface area contributed by atoms with Gasteiger partial charge in [0.2, 0.25) is 11.8 Å². The summed E-state index contributed by atoms with van der Waals surface area (Å²) in [6, 6.07) is 7.98. The molecule has 2 aromatic rings. The minimum absolute atomic E-state index is 0.0437. The van der Waals surface area contributed by atoms with E-state index < -0.39 is 12.0 Å². The number of carboxylic acids is 1. The topological polar surface area (TPSA) is 113 Å².